The van der Waals surface area contributed by atoms with Gasteiger partial charge in [0.25, 0.3) is 5.91 Å². The second-order valence-corrected chi connectivity index (χ2v) is 7.08. The van der Waals surface area contributed by atoms with Gasteiger partial charge < -0.3 is 10.4 Å². The summed E-state index contributed by atoms with van der Waals surface area (Å²) in [6.45, 7) is 5.99. The van der Waals surface area contributed by atoms with Gasteiger partial charge >= 0.3 is 0 Å². The Hall–Kier alpha value is -1.79. The Bertz CT molecular complexity index is 698. The Morgan fingerprint density at radius 1 is 1.43 bits per heavy atom. The van der Waals surface area contributed by atoms with Crippen molar-refractivity contribution < 1.29 is 14.3 Å². The minimum Gasteiger partial charge on any atom is -0.392 e. The molecule has 6 heteroatoms. The van der Waals surface area contributed by atoms with Crippen molar-refractivity contribution in [3.05, 3.63) is 50.7 Å². The van der Waals surface area contributed by atoms with Crippen molar-refractivity contribution in [3.63, 3.8) is 0 Å². The van der Waals surface area contributed by atoms with Crippen LogP contribution in [-0.2, 0) is 19.6 Å². The van der Waals surface area contributed by atoms with Crippen LogP contribution in [0.15, 0.2) is 18.2 Å². The number of carbonyl (C=O) groups excluding carboxylic acids is 1. The third kappa shape index (κ3) is 4.59. The molecule has 1 amide bonds. The smallest absolute Gasteiger partial charge is 0.263 e. The number of nitrogens with zero attached hydrogens (tertiary/aromatic N) is 1. The molecule has 0 spiro atoms. The van der Waals surface area contributed by atoms with Crippen molar-refractivity contribution in [2.45, 2.75) is 40.3 Å². The summed E-state index contributed by atoms with van der Waals surface area (Å²) in [5.74, 6) is -0.187. The maximum atomic E-state index is 13.4. The Morgan fingerprint density at radius 2 is 2.17 bits per heavy atom. The van der Waals surface area contributed by atoms with Gasteiger partial charge in [-0.05, 0) is 37.0 Å². The zero-order valence-electron chi connectivity index (χ0n) is 13.5. The molecule has 0 fully saturated rings. The fourth-order valence-electron chi connectivity index (χ4n) is 2.29. The first kappa shape index (κ1) is 17.6. The highest BCUT2D eigenvalue weighted by molar-refractivity contribution is 7.13. The summed E-state index contributed by atoms with van der Waals surface area (Å²) in [6.07, 6.45) is 0.762. The predicted molar refractivity (Wildman–Crippen MR) is 88.9 cm³/mol. The van der Waals surface area contributed by atoms with Crippen molar-refractivity contribution >= 4 is 17.2 Å². The molecule has 1 aromatic carbocycles. The topological polar surface area (TPSA) is 62.2 Å². The molecule has 124 valence electrons. The first-order valence-corrected chi connectivity index (χ1v) is 8.35. The molecule has 2 aromatic rings. The molecule has 0 aliphatic carbocycles. The number of benzene rings is 1. The van der Waals surface area contributed by atoms with Gasteiger partial charge in [-0.15, -0.1) is 11.3 Å². The van der Waals surface area contributed by atoms with E-state index in [1.807, 2.05) is 6.92 Å². The third-order valence-electron chi connectivity index (χ3n) is 3.35. The van der Waals surface area contributed by atoms with E-state index in [4.69, 9.17) is 5.11 Å². The van der Waals surface area contributed by atoms with Crippen LogP contribution < -0.4 is 5.32 Å². The van der Waals surface area contributed by atoms with Crippen LogP contribution in [0, 0.1) is 18.7 Å². The molecule has 2 rings (SSSR count). The van der Waals surface area contributed by atoms with Gasteiger partial charge in [-0.2, -0.15) is 0 Å². The summed E-state index contributed by atoms with van der Waals surface area (Å²) < 4.78 is 13.4. The maximum absolute atomic E-state index is 13.4. The van der Waals surface area contributed by atoms with E-state index in [9.17, 15) is 9.18 Å². The monoisotopic (exact) mass is 336 g/mol. The summed E-state index contributed by atoms with van der Waals surface area (Å²) in [7, 11) is 0. The number of hydrogen-bond acceptors (Lipinski definition) is 4. The van der Waals surface area contributed by atoms with E-state index in [0.717, 1.165) is 22.7 Å². The van der Waals surface area contributed by atoms with Gasteiger partial charge in [-0.25, -0.2) is 9.37 Å². The second kappa shape index (κ2) is 7.66. The van der Waals surface area contributed by atoms with Crippen LogP contribution in [0.25, 0.3) is 0 Å². The van der Waals surface area contributed by atoms with Gasteiger partial charge in [0.2, 0.25) is 0 Å². The van der Waals surface area contributed by atoms with Crippen LogP contribution in [-0.4, -0.2) is 16.0 Å². The van der Waals surface area contributed by atoms with E-state index >= 15 is 0 Å². The summed E-state index contributed by atoms with van der Waals surface area (Å²) in [5.41, 5.74) is 1.80. The van der Waals surface area contributed by atoms with Gasteiger partial charge in [-0.3, -0.25) is 4.79 Å². The van der Waals surface area contributed by atoms with E-state index in [1.165, 1.54) is 17.4 Å². The standard InChI is InChI=1S/C17H21FN2O2S/c1-10(2)6-15-16(23-11(3)20-15)17(22)19-8-12-4-5-14(18)13(7-12)9-21/h4-5,7,10,21H,6,8-9H2,1-3H3,(H,19,22). The molecular formula is C17H21FN2O2S. The van der Waals surface area contributed by atoms with Gasteiger partial charge in [0, 0.05) is 12.1 Å². The fourth-order valence-corrected chi connectivity index (χ4v) is 3.16. The average Bonchev–Trinajstić information content (AvgIpc) is 2.86. The highest BCUT2D eigenvalue weighted by Crippen LogP contribution is 2.21. The summed E-state index contributed by atoms with van der Waals surface area (Å²) >= 11 is 1.39. The molecule has 0 bridgehead atoms. The van der Waals surface area contributed by atoms with Crippen LogP contribution in [0.4, 0.5) is 4.39 Å². The number of carbonyl (C=O) groups is 1. The molecule has 0 saturated heterocycles. The van der Waals surface area contributed by atoms with Crippen LogP contribution in [0.2, 0.25) is 0 Å². The summed E-state index contributed by atoms with van der Waals surface area (Å²) in [4.78, 5) is 17.5. The van der Waals surface area contributed by atoms with Crippen LogP contribution in [0.1, 0.15) is 45.3 Å². The van der Waals surface area contributed by atoms with Crippen molar-refractivity contribution in [1.29, 1.82) is 0 Å². The minimum atomic E-state index is -0.445. The third-order valence-corrected chi connectivity index (χ3v) is 4.36. The fraction of sp³-hybridized carbons (Fsp3) is 0.412. The van der Waals surface area contributed by atoms with E-state index in [2.05, 4.69) is 24.1 Å². The Kier molecular flexibility index (Phi) is 5.85. The van der Waals surface area contributed by atoms with E-state index in [-0.39, 0.29) is 24.6 Å². The molecular weight excluding hydrogens is 315 g/mol. The van der Waals surface area contributed by atoms with Gasteiger partial charge in [0.05, 0.1) is 17.3 Å². The zero-order chi connectivity index (χ0) is 17.0. The highest BCUT2D eigenvalue weighted by Gasteiger charge is 2.17. The van der Waals surface area contributed by atoms with E-state index in [1.54, 1.807) is 12.1 Å². The molecule has 2 N–H and O–H groups in total. The first-order valence-electron chi connectivity index (χ1n) is 7.53. The number of amides is 1. The Balaban J connectivity index is 2.08. The number of aliphatic hydroxyl groups is 1. The number of hydrogen-bond donors (Lipinski definition) is 2. The lowest BCUT2D eigenvalue weighted by Crippen LogP contribution is -2.23. The first-order chi connectivity index (χ1) is 10.9. The van der Waals surface area contributed by atoms with Crippen molar-refractivity contribution in [2.24, 2.45) is 5.92 Å². The zero-order valence-corrected chi connectivity index (χ0v) is 14.3. The number of halogens is 1. The van der Waals surface area contributed by atoms with Crippen molar-refractivity contribution in [3.8, 4) is 0 Å². The van der Waals surface area contributed by atoms with Crippen molar-refractivity contribution in [1.82, 2.24) is 10.3 Å². The molecule has 1 heterocycles. The molecule has 0 saturated carbocycles. The lowest BCUT2D eigenvalue weighted by atomic mass is 10.1. The molecule has 0 atom stereocenters. The molecule has 0 aliphatic rings. The summed E-state index contributed by atoms with van der Waals surface area (Å²) in [5, 5.41) is 12.8. The normalized spacial score (nSPS) is 11.0. The lowest BCUT2D eigenvalue weighted by Gasteiger charge is -2.08. The van der Waals surface area contributed by atoms with E-state index < -0.39 is 5.82 Å². The number of aryl methyl sites for hydroxylation is 1. The van der Waals surface area contributed by atoms with Gasteiger partial charge in [-0.1, -0.05) is 19.9 Å². The summed E-state index contributed by atoms with van der Waals surface area (Å²) in [6, 6.07) is 4.46. The minimum absolute atomic E-state index is 0.166. The second-order valence-electron chi connectivity index (χ2n) is 5.87. The number of nitrogens with one attached hydrogen (secondary N) is 1. The van der Waals surface area contributed by atoms with Crippen LogP contribution >= 0.6 is 11.3 Å². The van der Waals surface area contributed by atoms with Crippen LogP contribution in [0.3, 0.4) is 0 Å². The van der Waals surface area contributed by atoms with E-state index in [0.29, 0.717) is 10.8 Å². The largest absolute Gasteiger partial charge is 0.392 e. The number of rotatable bonds is 6. The molecule has 0 radical (unpaired) electrons. The van der Waals surface area contributed by atoms with Gasteiger partial charge in [0.15, 0.2) is 0 Å². The van der Waals surface area contributed by atoms with Gasteiger partial charge in [0.1, 0.15) is 10.7 Å². The van der Waals surface area contributed by atoms with Crippen LogP contribution in [0.5, 0.6) is 0 Å². The number of thiazole rings is 1. The Labute approximate surface area is 139 Å². The lowest BCUT2D eigenvalue weighted by molar-refractivity contribution is 0.0953. The Morgan fingerprint density at radius 3 is 2.83 bits per heavy atom. The highest BCUT2D eigenvalue weighted by atomic mass is 32.1. The predicted octanol–water partition coefficient (Wildman–Crippen LogP) is 3.21. The number of aromatic nitrogens is 1. The quantitative estimate of drug-likeness (QED) is 0.851. The number of aliphatic hydroxyl groups excluding tert-OH is 1. The molecule has 0 aliphatic heterocycles. The average molecular weight is 336 g/mol. The van der Waals surface area contributed by atoms with Crippen molar-refractivity contribution in [2.75, 3.05) is 0 Å². The molecule has 23 heavy (non-hydrogen) atoms. The molecule has 1 aromatic heterocycles. The molecule has 0 unspecified atom stereocenters. The molecule has 4 nitrogen and oxygen atoms in total. The maximum Gasteiger partial charge on any atom is 0.263 e. The SMILES string of the molecule is Cc1nc(CC(C)C)c(C(=O)NCc2ccc(F)c(CO)c2)s1.